The molecule has 220 valence electrons. The molecule has 7 nitrogen and oxygen atoms in total. The van der Waals surface area contributed by atoms with Crippen molar-refractivity contribution < 1.29 is 32.0 Å². The van der Waals surface area contributed by atoms with Gasteiger partial charge in [-0.15, -0.1) is 0 Å². The first-order valence-corrected chi connectivity index (χ1v) is 14.2. The van der Waals surface area contributed by atoms with Crippen LogP contribution in [0.25, 0.3) is 11.8 Å². The zero-order valence-corrected chi connectivity index (χ0v) is 23.1. The minimum absolute atomic E-state index is 0.0337. The average Bonchev–Trinajstić information content (AvgIpc) is 3.41. The number of alkyl halides is 4. The molecule has 6 rings (SSSR count). The highest BCUT2D eigenvalue weighted by atomic mass is 32.2. The summed E-state index contributed by atoms with van der Waals surface area (Å²) in [6, 6.07) is 18.9. The largest absolute Gasteiger partial charge is 0.435 e. The highest BCUT2D eigenvalue weighted by Crippen LogP contribution is 2.51. The van der Waals surface area contributed by atoms with Crippen LogP contribution in [-0.4, -0.2) is 28.2 Å². The number of rotatable bonds is 8. The molecule has 3 aliphatic rings. The lowest BCUT2D eigenvalue weighted by Gasteiger charge is -2.40. The number of hydrogen-bond acceptors (Lipinski definition) is 7. The average molecular weight is 610 g/mol. The van der Waals surface area contributed by atoms with Crippen molar-refractivity contribution in [1.82, 2.24) is 4.90 Å². The fraction of sp³-hybridized carbons (Fsp3) is 0.194. The van der Waals surface area contributed by atoms with Crippen molar-refractivity contribution >= 4 is 34.4 Å². The lowest BCUT2D eigenvalue weighted by molar-refractivity contribution is -0.384. The Morgan fingerprint density at radius 3 is 2.28 bits per heavy atom. The standard InChI is InChI=1S/C31H23F4N3O4S/c32-29(33)41-23-11-7-18(8-12-23)15-21-4-2-6-25-27(21)36-31-37(28(25)19-9-13-24(14-10-19)42-30(34)35)26(17-43-31)20-3-1-5-22(16-20)38(39)40/h1,3,5,7-17,28-30H,2,4,6H2/b21-15+/t28-/m0/s1. The molecule has 0 radical (unpaired) electrons. The minimum atomic E-state index is -2.95. The lowest BCUT2D eigenvalue weighted by Crippen LogP contribution is -2.34. The summed E-state index contributed by atoms with van der Waals surface area (Å²) in [5.41, 5.74) is 5.76. The topological polar surface area (TPSA) is 77.2 Å². The molecule has 1 aliphatic carbocycles. The molecule has 3 aromatic carbocycles. The van der Waals surface area contributed by atoms with Crippen LogP contribution >= 0.6 is 11.8 Å². The molecule has 0 aromatic heterocycles. The van der Waals surface area contributed by atoms with Gasteiger partial charge in [0.15, 0.2) is 5.17 Å². The number of hydrogen-bond donors (Lipinski definition) is 0. The van der Waals surface area contributed by atoms with Gasteiger partial charge in [-0.25, -0.2) is 4.99 Å². The van der Waals surface area contributed by atoms with E-state index in [4.69, 9.17) is 4.99 Å². The van der Waals surface area contributed by atoms with Gasteiger partial charge in [-0.2, -0.15) is 17.6 Å². The second-order valence-electron chi connectivity index (χ2n) is 9.89. The monoisotopic (exact) mass is 609 g/mol. The Balaban J connectivity index is 1.42. The van der Waals surface area contributed by atoms with Crippen LogP contribution in [0.4, 0.5) is 23.2 Å². The molecule has 0 bridgehead atoms. The van der Waals surface area contributed by atoms with Crippen molar-refractivity contribution in [2.75, 3.05) is 0 Å². The minimum Gasteiger partial charge on any atom is -0.435 e. The Kier molecular flexibility index (Phi) is 7.94. The van der Waals surface area contributed by atoms with E-state index in [1.165, 1.54) is 48.2 Å². The van der Waals surface area contributed by atoms with E-state index < -0.39 is 18.1 Å². The van der Waals surface area contributed by atoms with E-state index in [2.05, 4.69) is 9.47 Å². The molecule has 12 heteroatoms. The van der Waals surface area contributed by atoms with Gasteiger partial charge < -0.3 is 14.4 Å². The summed E-state index contributed by atoms with van der Waals surface area (Å²) in [5.74, 6) is 0.0992. The van der Waals surface area contributed by atoms with E-state index in [1.807, 2.05) is 16.4 Å². The van der Waals surface area contributed by atoms with Gasteiger partial charge in [0.05, 0.1) is 22.4 Å². The van der Waals surface area contributed by atoms with Crippen LogP contribution in [0.3, 0.4) is 0 Å². The second kappa shape index (κ2) is 12.0. The predicted octanol–water partition coefficient (Wildman–Crippen LogP) is 8.78. The summed E-state index contributed by atoms with van der Waals surface area (Å²) in [6.07, 6.45) is 4.26. The van der Waals surface area contributed by atoms with Gasteiger partial charge in [0.2, 0.25) is 0 Å². The Bertz CT molecular complexity index is 1670. The van der Waals surface area contributed by atoms with Crippen LogP contribution in [0.1, 0.15) is 42.0 Å². The van der Waals surface area contributed by atoms with E-state index in [1.54, 1.807) is 36.4 Å². The van der Waals surface area contributed by atoms with Crippen molar-refractivity contribution in [1.29, 1.82) is 0 Å². The van der Waals surface area contributed by atoms with E-state index in [-0.39, 0.29) is 23.2 Å². The van der Waals surface area contributed by atoms with E-state index >= 15 is 0 Å². The molecular formula is C31H23F4N3O4S. The number of ether oxygens (including phenoxy) is 2. The summed E-state index contributed by atoms with van der Waals surface area (Å²) in [6.45, 7) is -5.86. The van der Waals surface area contributed by atoms with E-state index in [9.17, 15) is 27.7 Å². The van der Waals surface area contributed by atoms with Crippen molar-refractivity contribution in [3.63, 3.8) is 0 Å². The Morgan fingerprint density at radius 2 is 1.63 bits per heavy atom. The summed E-state index contributed by atoms with van der Waals surface area (Å²) < 4.78 is 59.9. The Labute approximate surface area is 248 Å². The number of thioether (sulfide) groups is 1. The van der Waals surface area contributed by atoms with Gasteiger partial charge in [-0.05, 0) is 71.9 Å². The zero-order valence-electron chi connectivity index (χ0n) is 22.3. The molecule has 1 atom stereocenters. The van der Waals surface area contributed by atoms with Crippen LogP contribution < -0.4 is 9.47 Å². The van der Waals surface area contributed by atoms with Crippen molar-refractivity contribution in [3.05, 3.63) is 122 Å². The number of allylic oxidation sites excluding steroid dienone is 1. The molecule has 2 aliphatic heterocycles. The van der Waals surface area contributed by atoms with Gasteiger partial charge in [-0.1, -0.05) is 48.2 Å². The molecular weight excluding hydrogens is 586 g/mol. The molecule has 0 N–H and O–H groups in total. The summed E-state index contributed by atoms with van der Waals surface area (Å²) >= 11 is 1.40. The molecule has 2 heterocycles. The number of nitrogens with zero attached hydrogens (tertiary/aromatic N) is 3. The summed E-state index contributed by atoms with van der Waals surface area (Å²) in [7, 11) is 0. The quantitative estimate of drug-likeness (QED) is 0.144. The number of fused-ring (bicyclic) bond motifs is 1. The molecule has 3 aromatic rings. The van der Waals surface area contributed by atoms with Crippen LogP contribution in [0, 0.1) is 10.1 Å². The van der Waals surface area contributed by atoms with Crippen LogP contribution in [0.2, 0.25) is 0 Å². The molecule has 0 spiro atoms. The van der Waals surface area contributed by atoms with Gasteiger partial charge in [0.25, 0.3) is 5.69 Å². The van der Waals surface area contributed by atoms with Crippen molar-refractivity contribution in [3.8, 4) is 11.5 Å². The summed E-state index contributed by atoms with van der Waals surface area (Å²) in [4.78, 5) is 18.1. The third kappa shape index (κ3) is 6.00. The molecule has 0 unspecified atom stereocenters. The smallest absolute Gasteiger partial charge is 0.387 e. The van der Waals surface area contributed by atoms with Gasteiger partial charge in [0.1, 0.15) is 11.5 Å². The summed E-state index contributed by atoms with van der Waals surface area (Å²) in [5, 5.41) is 14.1. The van der Waals surface area contributed by atoms with E-state index in [0.29, 0.717) is 17.2 Å². The maximum absolute atomic E-state index is 12.8. The maximum atomic E-state index is 12.8. The van der Waals surface area contributed by atoms with Crippen molar-refractivity contribution in [2.24, 2.45) is 4.99 Å². The second-order valence-corrected chi connectivity index (χ2v) is 10.7. The highest BCUT2D eigenvalue weighted by Gasteiger charge is 2.40. The Morgan fingerprint density at radius 1 is 0.953 bits per heavy atom. The SMILES string of the molecule is O=[N+]([O-])c1cccc(C2=CSC3=NC4=C(CCC/C4=C\c4ccc(OC(F)F)cc4)[C@H](c4ccc(OC(F)F)cc4)N23)c1. The first kappa shape index (κ1) is 28.5. The van der Waals surface area contributed by atoms with Gasteiger partial charge >= 0.3 is 13.2 Å². The Hall–Kier alpha value is -4.58. The fourth-order valence-electron chi connectivity index (χ4n) is 5.48. The fourth-order valence-corrected chi connectivity index (χ4v) is 6.41. The molecule has 0 amide bonds. The molecule has 0 saturated heterocycles. The van der Waals surface area contributed by atoms with Crippen LogP contribution in [-0.2, 0) is 0 Å². The molecule has 0 saturated carbocycles. The van der Waals surface area contributed by atoms with E-state index in [0.717, 1.165) is 46.5 Å². The lowest BCUT2D eigenvalue weighted by atomic mass is 9.82. The van der Waals surface area contributed by atoms with Gasteiger partial charge in [-0.3, -0.25) is 10.1 Å². The first-order chi connectivity index (χ1) is 20.8. The number of halogens is 4. The number of amidine groups is 1. The number of nitro groups is 1. The number of non-ortho nitro benzene ring substituents is 1. The third-order valence-corrected chi connectivity index (χ3v) is 8.10. The van der Waals surface area contributed by atoms with Gasteiger partial charge in [0, 0.05) is 23.1 Å². The number of benzene rings is 3. The predicted molar refractivity (Wildman–Crippen MR) is 156 cm³/mol. The van der Waals surface area contributed by atoms with Crippen LogP contribution in [0.15, 0.2) is 100 Å². The maximum Gasteiger partial charge on any atom is 0.387 e. The normalized spacial score (nSPS) is 18.9. The van der Waals surface area contributed by atoms with Crippen molar-refractivity contribution in [2.45, 2.75) is 38.5 Å². The third-order valence-electron chi connectivity index (χ3n) is 7.26. The zero-order chi connectivity index (χ0) is 30.1. The molecule has 43 heavy (non-hydrogen) atoms. The molecule has 0 fully saturated rings. The van der Waals surface area contributed by atoms with Crippen LogP contribution in [0.5, 0.6) is 11.5 Å². The number of nitro benzene ring substituents is 1. The first-order valence-electron chi connectivity index (χ1n) is 13.3. The number of aliphatic imine (C=N–C) groups is 1. The highest BCUT2D eigenvalue weighted by molar-refractivity contribution is 8.16.